The molecule has 0 aromatic heterocycles. The zero-order chi connectivity index (χ0) is 22.3. The Morgan fingerprint density at radius 3 is 2.57 bits per heavy atom. The van der Waals surface area contributed by atoms with Crippen molar-refractivity contribution in [3.05, 3.63) is 35.9 Å². The minimum Gasteiger partial charge on any atom is -0.444 e. The molecule has 164 valence electrons. The average Bonchev–Trinajstić information content (AvgIpc) is 3.15. The van der Waals surface area contributed by atoms with E-state index in [1.807, 2.05) is 6.07 Å². The third-order valence-electron chi connectivity index (χ3n) is 4.57. The Bertz CT molecular complexity index is 775. The van der Waals surface area contributed by atoms with Crippen molar-refractivity contribution in [2.24, 2.45) is 10.7 Å². The van der Waals surface area contributed by atoms with Gasteiger partial charge < -0.3 is 26.0 Å². The molecule has 1 aromatic carbocycles. The number of nitrogens with zero attached hydrogens (tertiary/aromatic N) is 2. The monoisotopic (exact) mass is 417 g/mol. The summed E-state index contributed by atoms with van der Waals surface area (Å²) in [6.07, 6.45) is 0.796. The van der Waals surface area contributed by atoms with Crippen LogP contribution in [0.4, 0.5) is 4.79 Å². The SMILES string of the molecule is CC(N=C(N)[C@@H]1CCCN1C(=O)[C@H](NC(=O)OC(C)(C)C)c1ccccc1)NC=O. The number of alkyl carbamates (subject to hydrolysis) is 1. The summed E-state index contributed by atoms with van der Waals surface area (Å²) in [6, 6.07) is 7.67. The third-order valence-corrected chi connectivity index (χ3v) is 4.57. The number of amides is 3. The van der Waals surface area contributed by atoms with Crippen molar-refractivity contribution in [3.8, 4) is 0 Å². The second kappa shape index (κ2) is 10.1. The fourth-order valence-corrected chi connectivity index (χ4v) is 3.31. The van der Waals surface area contributed by atoms with Crippen LogP contribution in [0.1, 0.15) is 52.1 Å². The Kier molecular flexibility index (Phi) is 7.79. The zero-order valence-corrected chi connectivity index (χ0v) is 17.9. The lowest BCUT2D eigenvalue weighted by molar-refractivity contribution is -0.133. The minimum absolute atomic E-state index is 0.270. The Hall–Kier alpha value is -3.10. The highest BCUT2D eigenvalue weighted by Crippen LogP contribution is 2.24. The van der Waals surface area contributed by atoms with Gasteiger partial charge in [-0.3, -0.25) is 9.59 Å². The number of hydrogen-bond donors (Lipinski definition) is 3. The van der Waals surface area contributed by atoms with Gasteiger partial charge in [-0.05, 0) is 46.1 Å². The van der Waals surface area contributed by atoms with Crippen LogP contribution >= 0.6 is 0 Å². The van der Waals surface area contributed by atoms with E-state index >= 15 is 0 Å². The summed E-state index contributed by atoms with van der Waals surface area (Å²) in [6.45, 7) is 7.46. The molecule has 3 atom stereocenters. The van der Waals surface area contributed by atoms with Crippen molar-refractivity contribution in [2.45, 2.75) is 64.4 Å². The van der Waals surface area contributed by atoms with Gasteiger partial charge in [-0.15, -0.1) is 0 Å². The quantitative estimate of drug-likeness (QED) is 0.354. The van der Waals surface area contributed by atoms with Gasteiger partial charge in [0.1, 0.15) is 23.6 Å². The first-order chi connectivity index (χ1) is 14.1. The summed E-state index contributed by atoms with van der Waals surface area (Å²) in [5.41, 5.74) is 6.10. The molecular weight excluding hydrogens is 386 g/mol. The van der Waals surface area contributed by atoms with E-state index < -0.39 is 29.9 Å². The highest BCUT2D eigenvalue weighted by Gasteiger charge is 2.37. The molecular formula is C21H31N5O4. The summed E-state index contributed by atoms with van der Waals surface area (Å²) >= 11 is 0. The van der Waals surface area contributed by atoms with E-state index in [9.17, 15) is 14.4 Å². The second-order valence-corrected chi connectivity index (χ2v) is 8.19. The lowest BCUT2D eigenvalue weighted by Gasteiger charge is -2.30. The van der Waals surface area contributed by atoms with Gasteiger partial charge in [0.05, 0.1) is 6.04 Å². The number of carbonyl (C=O) groups is 3. The highest BCUT2D eigenvalue weighted by atomic mass is 16.6. The number of aliphatic imine (C=N–C) groups is 1. The summed E-state index contributed by atoms with van der Waals surface area (Å²) in [7, 11) is 0. The molecule has 1 saturated heterocycles. The predicted molar refractivity (Wildman–Crippen MR) is 114 cm³/mol. The first kappa shape index (κ1) is 23.2. The number of likely N-dealkylation sites (tertiary alicyclic amines) is 1. The largest absolute Gasteiger partial charge is 0.444 e. The van der Waals surface area contributed by atoms with Crippen LogP contribution in [0.25, 0.3) is 0 Å². The molecule has 1 aliphatic rings. The van der Waals surface area contributed by atoms with Crippen molar-refractivity contribution in [1.29, 1.82) is 0 Å². The third kappa shape index (κ3) is 6.47. The first-order valence-electron chi connectivity index (χ1n) is 10.00. The molecule has 1 unspecified atom stereocenters. The van der Waals surface area contributed by atoms with E-state index in [0.717, 1.165) is 6.42 Å². The van der Waals surface area contributed by atoms with E-state index in [1.54, 1.807) is 56.9 Å². The fourth-order valence-electron chi connectivity index (χ4n) is 3.31. The summed E-state index contributed by atoms with van der Waals surface area (Å²) < 4.78 is 5.35. The van der Waals surface area contributed by atoms with E-state index in [2.05, 4.69) is 15.6 Å². The topological polar surface area (TPSA) is 126 Å². The second-order valence-electron chi connectivity index (χ2n) is 8.19. The number of rotatable bonds is 7. The molecule has 0 aliphatic carbocycles. The maximum Gasteiger partial charge on any atom is 0.408 e. The van der Waals surface area contributed by atoms with E-state index in [1.165, 1.54) is 0 Å². The van der Waals surface area contributed by atoms with E-state index in [0.29, 0.717) is 24.9 Å². The standard InChI is InChI=1S/C21H31N5O4/c1-14(23-13-27)24-18(22)16-11-8-12-26(16)19(28)17(15-9-6-5-7-10-15)25-20(29)30-21(2,3)4/h5-7,9-10,13-14,16-17H,8,11-12H2,1-4H3,(H2,22,24)(H,23,27)(H,25,29)/t14?,16-,17+/m0/s1. The highest BCUT2D eigenvalue weighted by molar-refractivity contribution is 5.94. The molecule has 2 rings (SSSR count). The minimum atomic E-state index is -0.917. The molecule has 1 fully saturated rings. The molecule has 9 nitrogen and oxygen atoms in total. The number of nitrogens with two attached hydrogens (primary N) is 1. The molecule has 0 radical (unpaired) electrons. The summed E-state index contributed by atoms with van der Waals surface area (Å²) in [5, 5.41) is 5.21. The molecule has 0 saturated carbocycles. The lowest BCUT2D eigenvalue weighted by atomic mass is 10.0. The van der Waals surface area contributed by atoms with Crippen molar-refractivity contribution in [3.63, 3.8) is 0 Å². The molecule has 3 amide bonds. The maximum absolute atomic E-state index is 13.4. The van der Waals surface area contributed by atoms with Crippen molar-refractivity contribution < 1.29 is 19.1 Å². The predicted octanol–water partition coefficient (Wildman–Crippen LogP) is 1.69. The lowest BCUT2D eigenvalue weighted by Crippen LogP contribution is -2.50. The smallest absolute Gasteiger partial charge is 0.408 e. The number of nitrogens with one attached hydrogen (secondary N) is 2. The Balaban J connectivity index is 2.26. The van der Waals surface area contributed by atoms with Gasteiger partial charge in [0.15, 0.2) is 0 Å². The number of hydrogen-bond acceptors (Lipinski definition) is 5. The van der Waals surface area contributed by atoms with Crippen LogP contribution in [-0.2, 0) is 14.3 Å². The fraction of sp³-hybridized carbons (Fsp3) is 0.524. The van der Waals surface area contributed by atoms with Crippen molar-refractivity contribution >= 4 is 24.2 Å². The van der Waals surface area contributed by atoms with Gasteiger partial charge in [0, 0.05) is 6.54 Å². The number of ether oxygens (including phenoxy) is 1. The van der Waals surface area contributed by atoms with Crippen LogP contribution in [0.5, 0.6) is 0 Å². The molecule has 4 N–H and O–H groups in total. The number of carbonyl (C=O) groups excluding carboxylic acids is 3. The van der Waals surface area contributed by atoms with Gasteiger partial charge in [0.2, 0.25) is 6.41 Å². The maximum atomic E-state index is 13.4. The van der Waals surface area contributed by atoms with Gasteiger partial charge in [-0.25, -0.2) is 9.79 Å². The molecule has 9 heteroatoms. The van der Waals surface area contributed by atoms with Crippen molar-refractivity contribution in [1.82, 2.24) is 15.5 Å². The van der Waals surface area contributed by atoms with Crippen LogP contribution in [-0.4, -0.2) is 53.5 Å². The Labute approximate surface area is 177 Å². The van der Waals surface area contributed by atoms with Crippen LogP contribution in [0.15, 0.2) is 35.3 Å². The normalized spacial score (nSPS) is 19.0. The van der Waals surface area contributed by atoms with Gasteiger partial charge in [-0.1, -0.05) is 30.3 Å². The van der Waals surface area contributed by atoms with Gasteiger partial charge in [0.25, 0.3) is 5.91 Å². The zero-order valence-electron chi connectivity index (χ0n) is 17.9. The molecule has 0 bridgehead atoms. The number of amidine groups is 1. The summed E-state index contributed by atoms with van der Waals surface area (Å²) in [5.74, 6) is -0.0181. The Morgan fingerprint density at radius 2 is 1.97 bits per heavy atom. The molecule has 30 heavy (non-hydrogen) atoms. The van der Waals surface area contributed by atoms with Crippen LogP contribution in [0, 0.1) is 0 Å². The van der Waals surface area contributed by atoms with E-state index in [4.69, 9.17) is 10.5 Å². The Morgan fingerprint density at radius 1 is 1.30 bits per heavy atom. The first-order valence-corrected chi connectivity index (χ1v) is 10.00. The average molecular weight is 418 g/mol. The van der Waals surface area contributed by atoms with Gasteiger partial charge in [-0.2, -0.15) is 0 Å². The van der Waals surface area contributed by atoms with E-state index in [-0.39, 0.29) is 11.7 Å². The van der Waals surface area contributed by atoms with Crippen LogP contribution in [0.2, 0.25) is 0 Å². The number of benzene rings is 1. The van der Waals surface area contributed by atoms with Crippen LogP contribution in [0.3, 0.4) is 0 Å². The van der Waals surface area contributed by atoms with Gasteiger partial charge >= 0.3 is 6.09 Å². The molecule has 1 aromatic rings. The molecule has 0 spiro atoms. The van der Waals surface area contributed by atoms with Crippen LogP contribution < -0.4 is 16.4 Å². The van der Waals surface area contributed by atoms with Crippen molar-refractivity contribution in [2.75, 3.05) is 6.54 Å². The molecule has 1 aliphatic heterocycles. The summed E-state index contributed by atoms with van der Waals surface area (Å²) in [4.78, 5) is 42.3. The molecule has 1 heterocycles.